The largest absolute Gasteiger partial charge is 0.497 e. The summed E-state index contributed by atoms with van der Waals surface area (Å²) in [6, 6.07) is 18.4. The number of carbonyl (C=O) groups is 1. The van der Waals surface area contributed by atoms with E-state index in [2.05, 4.69) is 5.32 Å². The van der Waals surface area contributed by atoms with Gasteiger partial charge in [0.25, 0.3) is 15.9 Å². The number of hydrogen-bond acceptors (Lipinski definition) is 7. The van der Waals surface area contributed by atoms with Crippen LogP contribution in [0.15, 0.2) is 71.6 Å². The van der Waals surface area contributed by atoms with Gasteiger partial charge < -0.3 is 24.3 Å². The summed E-state index contributed by atoms with van der Waals surface area (Å²) in [6.45, 7) is 2.14. The van der Waals surface area contributed by atoms with Crippen LogP contribution >= 0.6 is 0 Å². The topological polar surface area (TPSA) is 103 Å². The molecule has 190 valence electrons. The molecule has 1 aliphatic rings. The number of nitrogens with one attached hydrogen (secondary N) is 1. The quantitative estimate of drug-likeness (QED) is 0.439. The van der Waals surface area contributed by atoms with Gasteiger partial charge in [0.05, 0.1) is 37.9 Å². The van der Waals surface area contributed by atoms with E-state index in [9.17, 15) is 13.2 Å². The molecule has 0 saturated carbocycles. The van der Waals surface area contributed by atoms with Gasteiger partial charge >= 0.3 is 0 Å². The molecular weight excluding hydrogens is 484 g/mol. The average Bonchev–Trinajstić information content (AvgIpc) is 2.90. The number of hydrogen-bond donors (Lipinski definition) is 1. The molecule has 10 heteroatoms. The number of ether oxygens (including phenoxy) is 4. The van der Waals surface area contributed by atoms with Gasteiger partial charge in [0.15, 0.2) is 6.10 Å². The summed E-state index contributed by atoms with van der Waals surface area (Å²) in [5, 5.41) is 2.76. The lowest BCUT2D eigenvalue weighted by atomic mass is 10.1. The highest BCUT2D eigenvalue weighted by molar-refractivity contribution is 7.92. The van der Waals surface area contributed by atoms with Crippen molar-refractivity contribution < 1.29 is 32.2 Å². The van der Waals surface area contributed by atoms with Crippen LogP contribution in [0, 0.1) is 6.92 Å². The number of fused-ring (bicyclic) bond motifs is 1. The highest BCUT2D eigenvalue weighted by Crippen LogP contribution is 2.38. The number of sulfonamides is 1. The Morgan fingerprint density at radius 1 is 0.972 bits per heavy atom. The summed E-state index contributed by atoms with van der Waals surface area (Å²) in [5.74, 6) is 1.78. The van der Waals surface area contributed by atoms with E-state index in [0.717, 1.165) is 11.3 Å². The number of anilines is 1. The minimum Gasteiger partial charge on any atom is -0.497 e. The lowest BCUT2D eigenvalue weighted by Crippen LogP contribution is -2.51. The zero-order valence-electron chi connectivity index (χ0n) is 20.3. The Kier molecular flexibility index (Phi) is 7.54. The van der Waals surface area contributed by atoms with Crippen molar-refractivity contribution in [1.29, 1.82) is 0 Å². The second kappa shape index (κ2) is 10.8. The minimum atomic E-state index is -3.97. The standard InChI is InChI=1S/C26H28N2O7S/c1-18-4-13-24-23(16-18)28(36(30,31)22-11-9-20(33-3)10-12-22)17-25(35-24)26(29)27-14-15-34-21-7-5-19(32-2)6-8-21/h4-13,16,25H,14-15,17H2,1-3H3,(H,27,29)/t25-/m1/s1. The van der Waals surface area contributed by atoms with E-state index in [4.69, 9.17) is 18.9 Å². The third kappa shape index (κ3) is 5.49. The molecule has 0 aromatic heterocycles. The molecule has 36 heavy (non-hydrogen) atoms. The average molecular weight is 513 g/mol. The molecule has 0 bridgehead atoms. The molecule has 1 aliphatic heterocycles. The van der Waals surface area contributed by atoms with Gasteiger partial charge in [-0.3, -0.25) is 9.10 Å². The van der Waals surface area contributed by atoms with Crippen LogP contribution in [0.3, 0.4) is 0 Å². The van der Waals surface area contributed by atoms with Crippen molar-refractivity contribution in [3.63, 3.8) is 0 Å². The van der Waals surface area contributed by atoms with Crippen LogP contribution in [0.1, 0.15) is 5.56 Å². The predicted octanol–water partition coefficient (Wildman–Crippen LogP) is 3.16. The fourth-order valence-corrected chi connectivity index (χ4v) is 5.20. The Hall–Kier alpha value is -3.92. The molecule has 0 unspecified atom stereocenters. The Balaban J connectivity index is 1.46. The molecule has 4 rings (SSSR count). The van der Waals surface area contributed by atoms with Crippen molar-refractivity contribution in [3.8, 4) is 23.0 Å². The van der Waals surface area contributed by atoms with Crippen LogP contribution in [0.5, 0.6) is 23.0 Å². The van der Waals surface area contributed by atoms with Crippen LogP contribution in [0.25, 0.3) is 0 Å². The second-order valence-electron chi connectivity index (χ2n) is 8.10. The van der Waals surface area contributed by atoms with Crippen molar-refractivity contribution >= 4 is 21.6 Å². The minimum absolute atomic E-state index is 0.0877. The molecule has 9 nitrogen and oxygen atoms in total. The normalized spacial score (nSPS) is 14.9. The SMILES string of the molecule is COc1ccc(OCCNC(=O)[C@H]2CN(S(=O)(=O)c3ccc(OC)cc3)c3cc(C)ccc3O2)cc1. The summed E-state index contributed by atoms with van der Waals surface area (Å²) in [4.78, 5) is 13.0. The highest BCUT2D eigenvalue weighted by atomic mass is 32.2. The van der Waals surface area contributed by atoms with E-state index >= 15 is 0 Å². The number of aryl methyl sites for hydroxylation is 1. The van der Waals surface area contributed by atoms with Gasteiger partial charge in [0, 0.05) is 0 Å². The first kappa shape index (κ1) is 25.2. The van der Waals surface area contributed by atoms with Crippen molar-refractivity contribution in [3.05, 3.63) is 72.3 Å². The highest BCUT2D eigenvalue weighted by Gasteiger charge is 2.37. The first-order valence-corrected chi connectivity index (χ1v) is 12.7. The second-order valence-corrected chi connectivity index (χ2v) is 9.97. The number of benzene rings is 3. The van der Waals surface area contributed by atoms with Gasteiger partial charge in [-0.2, -0.15) is 0 Å². The first-order chi connectivity index (χ1) is 17.3. The number of carbonyl (C=O) groups excluding carboxylic acids is 1. The zero-order chi connectivity index (χ0) is 25.7. The first-order valence-electron chi connectivity index (χ1n) is 11.3. The third-order valence-corrected chi connectivity index (χ3v) is 7.45. The van der Waals surface area contributed by atoms with E-state index in [1.165, 1.54) is 23.5 Å². The summed E-state index contributed by atoms with van der Waals surface area (Å²) < 4.78 is 50.1. The Morgan fingerprint density at radius 2 is 1.58 bits per heavy atom. The molecule has 1 atom stereocenters. The molecule has 0 spiro atoms. The van der Waals surface area contributed by atoms with Crippen LogP contribution in [0.4, 0.5) is 5.69 Å². The van der Waals surface area contributed by atoms with Crippen LogP contribution < -0.4 is 28.6 Å². The maximum absolute atomic E-state index is 13.6. The molecule has 3 aromatic carbocycles. The summed E-state index contributed by atoms with van der Waals surface area (Å²) in [7, 11) is -0.873. The molecule has 1 amide bonds. The maximum Gasteiger partial charge on any atom is 0.264 e. The van der Waals surface area contributed by atoms with Gasteiger partial charge in [-0.1, -0.05) is 6.07 Å². The van der Waals surface area contributed by atoms with Crippen molar-refractivity contribution in [2.75, 3.05) is 38.2 Å². The van der Waals surface area contributed by atoms with Crippen LogP contribution in [0.2, 0.25) is 0 Å². The fraction of sp³-hybridized carbons (Fsp3) is 0.269. The van der Waals surface area contributed by atoms with E-state index in [-0.39, 0.29) is 24.6 Å². The molecule has 0 radical (unpaired) electrons. The molecular formula is C26H28N2O7S. The number of rotatable bonds is 9. The van der Waals surface area contributed by atoms with Crippen molar-refractivity contribution in [1.82, 2.24) is 5.32 Å². The number of methoxy groups -OCH3 is 2. The van der Waals surface area contributed by atoms with Gasteiger partial charge in [0.1, 0.15) is 29.6 Å². The molecule has 0 saturated heterocycles. The van der Waals surface area contributed by atoms with Gasteiger partial charge in [-0.15, -0.1) is 0 Å². The monoisotopic (exact) mass is 512 g/mol. The van der Waals surface area contributed by atoms with Crippen LogP contribution in [-0.2, 0) is 14.8 Å². The predicted molar refractivity (Wildman–Crippen MR) is 135 cm³/mol. The van der Waals surface area contributed by atoms with Gasteiger partial charge in [0.2, 0.25) is 0 Å². The maximum atomic E-state index is 13.6. The molecule has 0 aliphatic carbocycles. The Morgan fingerprint density at radius 3 is 2.22 bits per heavy atom. The van der Waals surface area contributed by atoms with Crippen LogP contribution in [-0.4, -0.2) is 54.3 Å². The fourth-order valence-electron chi connectivity index (χ4n) is 3.73. The summed E-state index contributed by atoms with van der Waals surface area (Å²) >= 11 is 0. The van der Waals surface area contributed by atoms with Gasteiger partial charge in [-0.05, 0) is 73.2 Å². The number of nitrogens with zero attached hydrogens (tertiary/aromatic N) is 1. The molecule has 1 heterocycles. The molecule has 3 aromatic rings. The number of amides is 1. The van der Waals surface area contributed by atoms with E-state index in [1.807, 2.05) is 6.92 Å². The summed E-state index contributed by atoms with van der Waals surface area (Å²) in [5.41, 5.74) is 1.25. The lowest BCUT2D eigenvalue weighted by Gasteiger charge is -2.35. The zero-order valence-corrected chi connectivity index (χ0v) is 21.1. The Labute approximate surface area is 210 Å². The third-order valence-electron chi connectivity index (χ3n) is 5.65. The molecule has 1 N–H and O–H groups in total. The van der Waals surface area contributed by atoms with E-state index in [1.54, 1.807) is 61.7 Å². The van der Waals surface area contributed by atoms with Crippen molar-refractivity contribution in [2.24, 2.45) is 0 Å². The van der Waals surface area contributed by atoms with E-state index < -0.39 is 22.0 Å². The van der Waals surface area contributed by atoms with Crippen molar-refractivity contribution in [2.45, 2.75) is 17.9 Å². The molecule has 0 fully saturated rings. The lowest BCUT2D eigenvalue weighted by molar-refractivity contribution is -0.127. The summed E-state index contributed by atoms with van der Waals surface area (Å²) in [6.07, 6.45) is -1.03. The smallest absolute Gasteiger partial charge is 0.264 e. The van der Waals surface area contributed by atoms with Gasteiger partial charge in [-0.25, -0.2) is 8.42 Å². The van der Waals surface area contributed by atoms with E-state index in [0.29, 0.717) is 22.9 Å². The Bertz CT molecular complexity index is 1310.